The Morgan fingerprint density at radius 1 is 1.17 bits per heavy atom. The standard InChI is InChI=1S/C16H20Br4O3/c1-5-7-13(21,8-6-2)10-9-14(19)11(17)12(18)15(10,20)16(14,22-3)23-4/h5-6,10,21H,1-2,7-9H2,3-4H3/t10-,14-,15+/m1/s1. The molecule has 2 aliphatic rings. The molecule has 7 heteroatoms. The smallest absolute Gasteiger partial charge is 0.208 e. The molecular weight excluding hydrogens is 560 g/mol. The van der Waals surface area contributed by atoms with E-state index in [4.69, 9.17) is 9.47 Å². The lowest BCUT2D eigenvalue weighted by Crippen LogP contribution is -2.59. The number of alkyl halides is 2. The quantitative estimate of drug-likeness (QED) is 0.257. The fraction of sp³-hybridized carbons (Fsp3) is 0.625. The van der Waals surface area contributed by atoms with Crippen LogP contribution in [0.25, 0.3) is 0 Å². The Hall–Kier alpha value is 1.02. The van der Waals surface area contributed by atoms with Crippen LogP contribution in [0.3, 0.4) is 0 Å². The van der Waals surface area contributed by atoms with Gasteiger partial charge in [-0.2, -0.15) is 0 Å². The fourth-order valence-corrected chi connectivity index (χ4v) is 9.09. The summed E-state index contributed by atoms with van der Waals surface area (Å²) in [5.41, 5.74) is -1.02. The second-order valence-corrected chi connectivity index (χ2v) is 10.2. The van der Waals surface area contributed by atoms with Gasteiger partial charge in [0.05, 0.1) is 5.60 Å². The lowest BCUT2D eigenvalue weighted by atomic mass is 9.74. The molecule has 0 heterocycles. The fourth-order valence-electron chi connectivity index (χ4n) is 4.07. The van der Waals surface area contributed by atoms with E-state index in [-0.39, 0.29) is 5.92 Å². The van der Waals surface area contributed by atoms with Gasteiger partial charge < -0.3 is 14.6 Å². The van der Waals surface area contributed by atoms with Crippen molar-refractivity contribution in [3.8, 4) is 0 Å². The van der Waals surface area contributed by atoms with Gasteiger partial charge in [0.2, 0.25) is 5.79 Å². The molecule has 0 radical (unpaired) electrons. The molecule has 2 bridgehead atoms. The Balaban J connectivity index is 2.68. The molecule has 0 aromatic carbocycles. The van der Waals surface area contributed by atoms with Crippen LogP contribution in [0.1, 0.15) is 19.3 Å². The summed E-state index contributed by atoms with van der Waals surface area (Å²) >= 11 is 15.0. The van der Waals surface area contributed by atoms with E-state index >= 15 is 0 Å². The number of fused-ring (bicyclic) bond motifs is 2. The molecule has 2 rings (SSSR count). The van der Waals surface area contributed by atoms with E-state index in [1.807, 2.05) is 0 Å². The van der Waals surface area contributed by atoms with Crippen molar-refractivity contribution in [2.45, 2.75) is 39.3 Å². The van der Waals surface area contributed by atoms with Gasteiger partial charge in [-0.3, -0.25) is 0 Å². The summed E-state index contributed by atoms with van der Waals surface area (Å²) in [6, 6.07) is 0. The Labute approximate surface area is 171 Å². The average Bonchev–Trinajstić information content (AvgIpc) is 2.79. The first-order valence-electron chi connectivity index (χ1n) is 7.13. The molecule has 0 saturated heterocycles. The molecular formula is C16H20Br4O3. The van der Waals surface area contributed by atoms with Crippen LogP contribution in [0.4, 0.5) is 0 Å². The van der Waals surface area contributed by atoms with E-state index < -0.39 is 20.0 Å². The van der Waals surface area contributed by atoms with Crippen molar-refractivity contribution in [1.29, 1.82) is 0 Å². The molecule has 3 atom stereocenters. The number of rotatable bonds is 7. The minimum atomic E-state index is -1.02. The van der Waals surface area contributed by atoms with Gasteiger partial charge in [-0.25, -0.2) is 0 Å². The van der Waals surface area contributed by atoms with Crippen LogP contribution in [0, 0.1) is 5.92 Å². The Morgan fingerprint density at radius 3 is 2.00 bits per heavy atom. The lowest BCUT2D eigenvalue weighted by molar-refractivity contribution is -0.217. The van der Waals surface area contributed by atoms with Gasteiger partial charge in [-0.05, 0) is 19.3 Å². The predicted octanol–water partition coefficient (Wildman–Crippen LogP) is 5.16. The van der Waals surface area contributed by atoms with Crippen molar-refractivity contribution in [3.63, 3.8) is 0 Å². The topological polar surface area (TPSA) is 38.7 Å². The lowest BCUT2D eigenvalue weighted by Gasteiger charge is -2.46. The molecule has 0 spiro atoms. The highest BCUT2D eigenvalue weighted by atomic mass is 79.9. The van der Waals surface area contributed by atoms with Crippen LogP contribution >= 0.6 is 63.7 Å². The van der Waals surface area contributed by atoms with Gasteiger partial charge in [0.1, 0.15) is 8.65 Å². The van der Waals surface area contributed by atoms with Crippen LogP contribution in [0.2, 0.25) is 0 Å². The van der Waals surface area contributed by atoms with E-state index in [1.165, 1.54) is 0 Å². The molecule has 0 aliphatic heterocycles. The molecule has 1 fully saturated rings. The number of aliphatic hydroxyl groups is 1. The third-order valence-electron chi connectivity index (χ3n) is 5.05. The van der Waals surface area contributed by atoms with Crippen molar-refractivity contribution in [3.05, 3.63) is 34.3 Å². The van der Waals surface area contributed by atoms with Gasteiger partial charge in [0.15, 0.2) is 0 Å². The second kappa shape index (κ2) is 6.63. The summed E-state index contributed by atoms with van der Waals surface area (Å²) in [6.07, 6.45) is 4.98. The van der Waals surface area contributed by atoms with E-state index in [2.05, 4.69) is 76.9 Å². The molecule has 0 amide bonds. The van der Waals surface area contributed by atoms with E-state index in [0.29, 0.717) is 19.3 Å². The summed E-state index contributed by atoms with van der Waals surface area (Å²) in [5, 5.41) is 11.4. The SMILES string of the molecule is C=CCC(O)(CC=C)[C@H]1C[C@@]2(Br)C(Br)=C(Br)[C@]1(Br)C2(OC)OC. The van der Waals surface area contributed by atoms with Crippen LogP contribution < -0.4 is 0 Å². The maximum absolute atomic E-state index is 11.4. The summed E-state index contributed by atoms with van der Waals surface area (Å²) in [4.78, 5) is 0. The Morgan fingerprint density at radius 2 is 1.65 bits per heavy atom. The zero-order chi connectivity index (χ0) is 17.7. The highest BCUT2D eigenvalue weighted by Crippen LogP contribution is 2.75. The first-order valence-corrected chi connectivity index (χ1v) is 10.3. The number of halogens is 4. The van der Waals surface area contributed by atoms with Gasteiger partial charge in [-0.1, -0.05) is 75.9 Å². The van der Waals surface area contributed by atoms with Crippen molar-refractivity contribution in [2.24, 2.45) is 5.92 Å². The molecule has 0 aromatic rings. The van der Waals surface area contributed by atoms with Crippen molar-refractivity contribution in [1.82, 2.24) is 0 Å². The van der Waals surface area contributed by atoms with Crippen LogP contribution in [-0.4, -0.2) is 39.4 Å². The maximum atomic E-state index is 11.4. The summed E-state index contributed by atoms with van der Waals surface area (Å²) in [5.74, 6) is -1.21. The predicted molar refractivity (Wildman–Crippen MR) is 108 cm³/mol. The number of methoxy groups -OCH3 is 2. The Bertz CT molecular complexity index is 548. The molecule has 0 unspecified atom stereocenters. The molecule has 0 aromatic heterocycles. The molecule has 1 N–H and O–H groups in total. The van der Waals surface area contributed by atoms with Crippen molar-refractivity contribution >= 4 is 63.7 Å². The highest BCUT2D eigenvalue weighted by Gasteiger charge is 2.81. The monoisotopic (exact) mass is 576 g/mol. The van der Waals surface area contributed by atoms with Crippen LogP contribution in [0.15, 0.2) is 34.3 Å². The first kappa shape index (κ1) is 20.3. The summed E-state index contributed by atoms with van der Waals surface area (Å²) in [7, 11) is 3.23. The van der Waals surface area contributed by atoms with E-state index in [1.54, 1.807) is 26.4 Å². The molecule has 1 saturated carbocycles. The molecule has 2 aliphatic carbocycles. The number of ether oxygens (including phenoxy) is 2. The number of hydrogen-bond acceptors (Lipinski definition) is 3. The summed E-state index contributed by atoms with van der Waals surface area (Å²) < 4.78 is 12.2. The highest BCUT2D eigenvalue weighted by molar-refractivity contribution is 9.16. The number of hydrogen-bond donors (Lipinski definition) is 1. The van der Waals surface area contributed by atoms with Gasteiger partial charge in [-0.15, -0.1) is 13.2 Å². The van der Waals surface area contributed by atoms with Crippen LogP contribution in [-0.2, 0) is 9.47 Å². The molecule has 23 heavy (non-hydrogen) atoms. The largest absolute Gasteiger partial charge is 0.389 e. The zero-order valence-corrected chi connectivity index (χ0v) is 19.4. The minimum Gasteiger partial charge on any atom is -0.389 e. The molecule has 3 nitrogen and oxygen atoms in total. The van der Waals surface area contributed by atoms with Crippen molar-refractivity contribution in [2.75, 3.05) is 14.2 Å². The summed E-state index contributed by atoms with van der Waals surface area (Å²) in [6.45, 7) is 7.59. The first-order chi connectivity index (χ1) is 10.6. The molecule has 130 valence electrons. The third-order valence-corrected chi connectivity index (χ3v) is 11.5. The van der Waals surface area contributed by atoms with E-state index in [0.717, 1.165) is 8.96 Å². The van der Waals surface area contributed by atoms with Crippen LogP contribution in [0.5, 0.6) is 0 Å². The minimum absolute atomic E-state index is 0.194. The van der Waals surface area contributed by atoms with Gasteiger partial charge in [0, 0.05) is 29.1 Å². The van der Waals surface area contributed by atoms with E-state index in [9.17, 15) is 5.11 Å². The third kappa shape index (κ3) is 2.33. The Kier molecular flexibility index (Phi) is 5.86. The second-order valence-electron chi connectivity index (χ2n) is 6.01. The van der Waals surface area contributed by atoms with Gasteiger partial charge in [0.25, 0.3) is 0 Å². The van der Waals surface area contributed by atoms with Gasteiger partial charge >= 0.3 is 0 Å². The maximum Gasteiger partial charge on any atom is 0.208 e. The normalized spacial score (nSPS) is 35.7. The zero-order valence-electron chi connectivity index (χ0n) is 13.0. The van der Waals surface area contributed by atoms with Crippen molar-refractivity contribution < 1.29 is 14.6 Å². The average molecular weight is 580 g/mol.